The third-order valence-corrected chi connectivity index (χ3v) is 1.76. The van der Waals surface area contributed by atoms with Gasteiger partial charge in [0.2, 0.25) is 0 Å². The first-order chi connectivity index (χ1) is 7.61. The standard InChI is InChI=1S/C9H15F3N2O3/c1-5(2)3-6(7(15)16)14-8(17)13-4-9(10,11)12/h5-6H,3-4H2,1-2H3,(H,15,16)(H2,13,14,17)/t6-/m0/s1. The van der Waals surface area contributed by atoms with E-state index >= 15 is 0 Å². The minimum absolute atomic E-state index is 0.000911. The number of carboxylic acid groups (broad SMARTS) is 1. The molecule has 100 valence electrons. The highest BCUT2D eigenvalue weighted by Gasteiger charge is 2.28. The molecule has 0 aromatic carbocycles. The summed E-state index contributed by atoms with van der Waals surface area (Å²) in [5.74, 6) is -1.28. The van der Waals surface area contributed by atoms with Gasteiger partial charge in [0.05, 0.1) is 0 Å². The van der Waals surface area contributed by atoms with Gasteiger partial charge in [-0.05, 0) is 12.3 Å². The van der Waals surface area contributed by atoms with E-state index in [9.17, 15) is 22.8 Å². The zero-order valence-corrected chi connectivity index (χ0v) is 9.47. The Balaban J connectivity index is 4.18. The van der Waals surface area contributed by atoms with Gasteiger partial charge in [0, 0.05) is 0 Å². The van der Waals surface area contributed by atoms with Crippen LogP contribution in [0.3, 0.4) is 0 Å². The third-order valence-electron chi connectivity index (χ3n) is 1.76. The number of carboxylic acids is 1. The first-order valence-electron chi connectivity index (χ1n) is 4.95. The van der Waals surface area contributed by atoms with E-state index in [1.54, 1.807) is 19.2 Å². The third kappa shape index (κ3) is 8.35. The fourth-order valence-electron chi connectivity index (χ4n) is 1.08. The molecule has 0 saturated carbocycles. The van der Waals surface area contributed by atoms with Gasteiger partial charge in [-0.3, -0.25) is 0 Å². The van der Waals surface area contributed by atoms with E-state index in [2.05, 4.69) is 0 Å². The van der Waals surface area contributed by atoms with E-state index in [0.717, 1.165) is 0 Å². The van der Waals surface area contributed by atoms with Crippen molar-refractivity contribution in [3.8, 4) is 0 Å². The number of aliphatic carboxylic acids is 1. The Bertz CT molecular complexity index is 279. The van der Waals surface area contributed by atoms with Crippen LogP contribution in [0.25, 0.3) is 0 Å². The van der Waals surface area contributed by atoms with E-state index in [4.69, 9.17) is 5.11 Å². The highest BCUT2D eigenvalue weighted by atomic mass is 19.4. The number of alkyl halides is 3. The van der Waals surface area contributed by atoms with Gasteiger partial charge < -0.3 is 15.7 Å². The van der Waals surface area contributed by atoms with Crippen LogP contribution in [-0.4, -0.2) is 35.9 Å². The largest absolute Gasteiger partial charge is 0.480 e. The molecule has 17 heavy (non-hydrogen) atoms. The maximum Gasteiger partial charge on any atom is 0.405 e. The summed E-state index contributed by atoms with van der Waals surface area (Å²) >= 11 is 0. The normalized spacial score (nSPS) is 13.3. The second-order valence-corrected chi connectivity index (χ2v) is 3.96. The Hall–Kier alpha value is -1.47. The molecule has 0 saturated heterocycles. The molecule has 0 heterocycles. The van der Waals surface area contributed by atoms with Crippen molar-refractivity contribution in [2.45, 2.75) is 32.5 Å². The van der Waals surface area contributed by atoms with Crippen molar-refractivity contribution in [3.05, 3.63) is 0 Å². The minimum atomic E-state index is -4.52. The first kappa shape index (κ1) is 15.5. The highest BCUT2D eigenvalue weighted by molar-refractivity contribution is 5.82. The minimum Gasteiger partial charge on any atom is -0.480 e. The molecule has 0 unspecified atom stereocenters. The first-order valence-corrected chi connectivity index (χ1v) is 4.95. The van der Waals surface area contributed by atoms with Crippen molar-refractivity contribution in [1.82, 2.24) is 10.6 Å². The van der Waals surface area contributed by atoms with Crippen molar-refractivity contribution in [1.29, 1.82) is 0 Å². The Morgan fingerprint density at radius 3 is 2.18 bits per heavy atom. The Labute approximate surface area is 96.4 Å². The van der Waals surface area contributed by atoms with Crippen LogP contribution in [0.2, 0.25) is 0 Å². The molecule has 0 aromatic rings. The molecule has 0 rings (SSSR count). The number of amides is 2. The molecule has 1 atom stereocenters. The van der Waals surface area contributed by atoms with Crippen LogP contribution in [0.5, 0.6) is 0 Å². The summed E-state index contributed by atoms with van der Waals surface area (Å²) in [5, 5.41) is 12.2. The fraction of sp³-hybridized carbons (Fsp3) is 0.778. The molecule has 2 amide bonds. The molecule has 0 bridgehead atoms. The maximum absolute atomic E-state index is 11.8. The molecule has 0 radical (unpaired) electrons. The van der Waals surface area contributed by atoms with E-state index < -0.39 is 30.8 Å². The van der Waals surface area contributed by atoms with Crippen LogP contribution in [0.1, 0.15) is 20.3 Å². The lowest BCUT2D eigenvalue weighted by Crippen LogP contribution is -2.48. The smallest absolute Gasteiger partial charge is 0.405 e. The van der Waals surface area contributed by atoms with Crippen molar-refractivity contribution in [3.63, 3.8) is 0 Å². The number of urea groups is 1. The molecule has 0 aliphatic rings. The van der Waals surface area contributed by atoms with Gasteiger partial charge in [-0.2, -0.15) is 13.2 Å². The predicted octanol–water partition coefficient (Wildman–Crippen LogP) is 1.35. The number of nitrogens with one attached hydrogen (secondary N) is 2. The van der Waals surface area contributed by atoms with Gasteiger partial charge >= 0.3 is 18.2 Å². The number of hydrogen-bond donors (Lipinski definition) is 3. The quantitative estimate of drug-likeness (QED) is 0.694. The molecule has 0 spiro atoms. The van der Waals surface area contributed by atoms with E-state index in [1.165, 1.54) is 0 Å². The number of halogens is 3. The summed E-state index contributed by atoms with van der Waals surface area (Å²) in [4.78, 5) is 21.7. The van der Waals surface area contributed by atoms with Crippen molar-refractivity contribution < 1.29 is 27.9 Å². The molecule has 0 aliphatic heterocycles. The van der Waals surface area contributed by atoms with Crippen LogP contribution in [-0.2, 0) is 4.79 Å². The van der Waals surface area contributed by atoms with E-state index in [1.807, 2.05) is 5.32 Å². The topological polar surface area (TPSA) is 78.4 Å². The van der Waals surface area contributed by atoms with Crippen LogP contribution in [0, 0.1) is 5.92 Å². The van der Waals surface area contributed by atoms with Gasteiger partial charge in [0.1, 0.15) is 12.6 Å². The number of rotatable bonds is 5. The predicted molar refractivity (Wildman–Crippen MR) is 53.5 cm³/mol. The number of carbonyl (C=O) groups is 2. The van der Waals surface area contributed by atoms with Gasteiger partial charge in [-0.25, -0.2) is 9.59 Å². The number of hydrogen-bond acceptors (Lipinski definition) is 2. The second kappa shape index (κ2) is 6.31. The molecular formula is C9H15F3N2O3. The SMILES string of the molecule is CC(C)C[C@H](NC(=O)NCC(F)(F)F)C(=O)O. The van der Waals surface area contributed by atoms with Crippen LogP contribution in [0.4, 0.5) is 18.0 Å². The zero-order valence-electron chi connectivity index (χ0n) is 9.47. The molecule has 0 aromatic heterocycles. The average molecular weight is 256 g/mol. The molecule has 0 aliphatic carbocycles. The van der Waals surface area contributed by atoms with Gasteiger partial charge in [-0.1, -0.05) is 13.8 Å². The summed E-state index contributed by atoms with van der Waals surface area (Å²) in [6.45, 7) is 1.99. The monoisotopic (exact) mass is 256 g/mol. The molecule has 8 heteroatoms. The summed E-state index contributed by atoms with van der Waals surface area (Å²) in [5.41, 5.74) is 0. The summed E-state index contributed by atoms with van der Waals surface area (Å²) in [7, 11) is 0. The second-order valence-electron chi connectivity index (χ2n) is 3.96. The summed E-state index contributed by atoms with van der Waals surface area (Å²) < 4.78 is 35.3. The molecule has 0 fully saturated rings. The average Bonchev–Trinajstić information content (AvgIpc) is 2.11. The van der Waals surface area contributed by atoms with E-state index in [-0.39, 0.29) is 12.3 Å². The van der Waals surface area contributed by atoms with Gasteiger partial charge in [0.15, 0.2) is 0 Å². The van der Waals surface area contributed by atoms with Gasteiger partial charge in [-0.15, -0.1) is 0 Å². The van der Waals surface area contributed by atoms with Gasteiger partial charge in [0.25, 0.3) is 0 Å². The fourth-order valence-corrected chi connectivity index (χ4v) is 1.08. The van der Waals surface area contributed by atoms with Crippen LogP contribution < -0.4 is 10.6 Å². The Morgan fingerprint density at radius 1 is 1.29 bits per heavy atom. The van der Waals surface area contributed by atoms with Crippen molar-refractivity contribution in [2.24, 2.45) is 5.92 Å². The van der Waals surface area contributed by atoms with Crippen LogP contribution >= 0.6 is 0 Å². The molecular weight excluding hydrogens is 241 g/mol. The lowest BCUT2D eigenvalue weighted by Gasteiger charge is -2.17. The lowest BCUT2D eigenvalue weighted by molar-refractivity contribution is -0.139. The maximum atomic E-state index is 11.8. The van der Waals surface area contributed by atoms with Crippen molar-refractivity contribution >= 4 is 12.0 Å². The summed E-state index contributed by atoms with van der Waals surface area (Å²) in [6.07, 6.45) is -4.37. The summed E-state index contributed by atoms with van der Waals surface area (Å²) in [6, 6.07) is -2.33. The van der Waals surface area contributed by atoms with E-state index in [0.29, 0.717) is 0 Å². The Morgan fingerprint density at radius 2 is 1.82 bits per heavy atom. The zero-order chi connectivity index (χ0) is 13.6. The highest BCUT2D eigenvalue weighted by Crippen LogP contribution is 2.12. The molecule has 5 nitrogen and oxygen atoms in total. The molecule has 3 N–H and O–H groups in total. The van der Waals surface area contributed by atoms with Crippen LogP contribution in [0.15, 0.2) is 0 Å². The lowest BCUT2D eigenvalue weighted by atomic mass is 10.0. The number of carbonyl (C=O) groups excluding carboxylic acids is 1. The van der Waals surface area contributed by atoms with Crippen molar-refractivity contribution in [2.75, 3.05) is 6.54 Å². The Kier molecular flexibility index (Phi) is 5.77.